The summed E-state index contributed by atoms with van der Waals surface area (Å²) in [7, 11) is 0. The normalized spacial score (nSPS) is 32.0. The molecule has 0 aromatic carbocycles. The maximum atomic E-state index is 12.4. The molecule has 2 fully saturated rings. The first-order valence-electron chi connectivity index (χ1n) is 7.05. The fraction of sp³-hybridized carbons (Fsp3) is 0.929. The van der Waals surface area contributed by atoms with E-state index >= 15 is 0 Å². The largest absolute Gasteiger partial charge is 0.342 e. The molecule has 16 heavy (non-hydrogen) atoms. The van der Waals surface area contributed by atoms with Gasteiger partial charge in [0.05, 0.1) is 0 Å². The number of fused-ring (bicyclic) bond motifs is 2. The summed E-state index contributed by atoms with van der Waals surface area (Å²) < 4.78 is 0. The molecule has 0 spiro atoms. The lowest BCUT2D eigenvalue weighted by molar-refractivity contribution is -0.137. The lowest BCUT2D eigenvalue weighted by atomic mass is 9.87. The quantitative estimate of drug-likeness (QED) is 0.701. The predicted octanol–water partition coefficient (Wildman–Crippen LogP) is 3.07. The van der Waals surface area contributed by atoms with Crippen molar-refractivity contribution in [3.8, 4) is 0 Å². The Labute approximate surface area is 99.4 Å². The Morgan fingerprint density at radius 2 is 1.81 bits per heavy atom. The first-order valence-corrected chi connectivity index (χ1v) is 7.05. The van der Waals surface area contributed by atoms with Crippen LogP contribution < -0.4 is 0 Å². The lowest BCUT2D eigenvalue weighted by Crippen LogP contribution is -2.39. The Hall–Kier alpha value is -0.530. The molecule has 2 saturated carbocycles. The Kier molecular flexibility index (Phi) is 3.88. The monoisotopic (exact) mass is 223 g/mol. The summed E-state index contributed by atoms with van der Waals surface area (Å²) in [6, 6.07) is 0. The minimum atomic E-state index is 0.386. The summed E-state index contributed by atoms with van der Waals surface area (Å²) >= 11 is 0. The van der Waals surface area contributed by atoms with Gasteiger partial charge >= 0.3 is 0 Å². The van der Waals surface area contributed by atoms with Gasteiger partial charge in [0.2, 0.25) is 5.91 Å². The van der Waals surface area contributed by atoms with Crippen LogP contribution in [-0.4, -0.2) is 23.9 Å². The third kappa shape index (κ3) is 2.26. The molecule has 1 amide bonds. The van der Waals surface area contributed by atoms with Crippen LogP contribution in [0.2, 0.25) is 0 Å². The second-order valence-electron chi connectivity index (χ2n) is 5.61. The second-order valence-corrected chi connectivity index (χ2v) is 5.61. The van der Waals surface area contributed by atoms with Crippen LogP contribution in [0.5, 0.6) is 0 Å². The first-order chi connectivity index (χ1) is 7.76. The Bertz CT molecular complexity index is 245. The number of nitrogens with zero attached hydrogens (tertiary/aromatic N) is 1. The highest BCUT2D eigenvalue weighted by atomic mass is 16.2. The highest BCUT2D eigenvalue weighted by Gasteiger charge is 2.44. The Balaban J connectivity index is 1.94. The molecule has 2 bridgehead atoms. The minimum Gasteiger partial charge on any atom is -0.342 e. The van der Waals surface area contributed by atoms with Gasteiger partial charge in [-0.05, 0) is 43.9 Å². The van der Waals surface area contributed by atoms with Gasteiger partial charge in [0.1, 0.15) is 0 Å². The smallest absolute Gasteiger partial charge is 0.225 e. The van der Waals surface area contributed by atoms with Crippen LogP contribution in [0.1, 0.15) is 52.4 Å². The van der Waals surface area contributed by atoms with E-state index in [0.717, 1.165) is 37.8 Å². The Morgan fingerprint density at radius 1 is 1.12 bits per heavy atom. The topological polar surface area (TPSA) is 20.3 Å². The maximum absolute atomic E-state index is 12.4. The van der Waals surface area contributed by atoms with E-state index in [0.29, 0.717) is 11.8 Å². The van der Waals surface area contributed by atoms with Crippen LogP contribution in [0.3, 0.4) is 0 Å². The summed E-state index contributed by atoms with van der Waals surface area (Å²) in [6.45, 7) is 6.24. The number of amides is 1. The van der Waals surface area contributed by atoms with Crippen molar-refractivity contribution < 1.29 is 4.79 Å². The van der Waals surface area contributed by atoms with Crippen LogP contribution in [0.4, 0.5) is 0 Å². The molecule has 0 radical (unpaired) electrons. The van der Waals surface area contributed by atoms with Gasteiger partial charge in [0.15, 0.2) is 0 Å². The highest BCUT2D eigenvalue weighted by molar-refractivity contribution is 5.79. The molecule has 2 nitrogen and oxygen atoms in total. The average molecular weight is 223 g/mol. The van der Waals surface area contributed by atoms with Crippen molar-refractivity contribution in [3.63, 3.8) is 0 Å². The van der Waals surface area contributed by atoms with Gasteiger partial charge < -0.3 is 4.90 Å². The fourth-order valence-electron chi connectivity index (χ4n) is 3.65. The molecular weight excluding hydrogens is 198 g/mol. The summed E-state index contributed by atoms with van der Waals surface area (Å²) in [6.07, 6.45) is 7.40. The van der Waals surface area contributed by atoms with Gasteiger partial charge in [-0.3, -0.25) is 4.79 Å². The third-order valence-corrected chi connectivity index (χ3v) is 4.35. The number of hydrogen-bond acceptors (Lipinski definition) is 1. The van der Waals surface area contributed by atoms with Crippen molar-refractivity contribution in [2.45, 2.75) is 52.4 Å². The van der Waals surface area contributed by atoms with Crippen LogP contribution in [0, 0.1) is 17.8 Å². The van der Waals surface area contributed by atoms with E-state index in [2.05, 4.69) is 18.7 Å². The zero-order valence-electron chi connectivity index (χ0n) is 10.7. The first kappa shape index (κ1) is 11.9. The summed E-state index contributed by atoms with van der Waals surface area (Å²) in [5.41, 5.74) is 0. The van der Waals surface area contributed by atoms with Gasteiger partial charge in [-0.1, -0.05) is 20.3 Å². The van der Waals surface area contributed by atoms with E-state index in [1.165, 1.54) is 25.7 Å². The van der Waals surface area contributed by atoms with Gasteiger partial charge in [0, 0.05) is 19.0 Å². The molecule has 92 valence electrons. The van der Waals surface area contributed by atoms with Crippen LogP contribution in [0.15, 0.2) is 0 Å². The number of hydrogen-bond donors (Lipinski definition) is 0. The van der Waals surface area contributed by atoms with E-state index in [4.69, 9.17) is 0 Å². The summed E-state index contributed by atoms with van der Waals surface area (Å²) in [5.74, 6) is 2.46. The van der Waals surface area contributed by atoms with E-state index in [1.54, 1.807) is 0 Å². The molecule has 0 aliphatic heterocycles. The summed E-state index contributed by atoms with van der Waals surface area (Å²) in [4.78, 5) is 14.6. The molecule has 0 aromatic heterocycles. The second kappa shape index (κ2) is 5.20. The van der Waals surface area contributed by atoms with Crippen LogP contribution >= 0.6 is 0 Å². The SMILES string of the molecule is CCCN(CCC)C(=O)C1CC2CCC1C2. The molecule has 0 heterocycles. The van der Waals surface area contributed by atoms with Crippen molar-refractivity contribution >= 4 is 5.91 Å². The van der Waals surface area contributed by atoms with Crippen molar-refractivity contribution in [1.82, 2.24) is 4.90 Å². The van der Waals surface area contributed by atoms with Gasteiger partial charge in [-0.15, -0.1) is 0 Å². The standard InChI is InChI=1S/C14H25NO/c1-3-7-15(8-4-2)14(16)13-10-11-5-6-12(13)9-11/h11-13H,3-10H2,1-2H3. The minimum absolute atomic E-state index is 0.386. The number of carbonyl (C=O) groups excluding carboxylic acids is 1. The van der Waals surface area contributed by atoms with Crippen molar-refractivity contribution in [1.29, 1.82) is 0 Å². The van der Waals surface area contributed by atoms with Gasteiger partial charge in [0.25, 0.3) is 0 Å². The van der Waals surface area contributed by atoms with Gasteiger partial charge in [-0.25, -0.2) is 0 Å². The van der Waals surface area contributed by atoms with E-state index in [-0.39, 0.29) is 0 Å². The molecule has 0 N–H and O–H groups in total. The zero-order valence-corrected chi connectivity index (χ0v) is 10.7. The molecule has 0 aromatic rings. The third-order valence-electron chi connectivity index (χ3n) is 4.35. The average Bonchev–Trinajstić information content (AvgIpc) is 2.89. The molecule has 3 atom stereocenters. The maximum Gasteiger partial charge on any atom is 0.225 e. The fourth-order valence-corrected chi connectivity index (χ4v) is 3.65. The highest BCUT2D eigenvalue weighted by Crippen LogP contribution is 2.48. The molecule has 2 aliphatic rings. The van der Waals surface area contributed by atoms with E-state index in [1.807, 2.05) is 0 Å². The van der Waals surface area contributed by atoms with E-state index in [9.17, 15) is 4.79 Å². The molecular formula is C14H25NO. The number of rotatable bonds is 5. The predicted molar refractivity (Wildman–Crippen MR) is 66.1 cm³/mol. The molecule has 3 unspecified atom stereocenters. The molecule has 2 rings (SSSR count). The Morgan fingerprint density at radius 3 is 2.25 bits per heavy atom. The number of carbonyl (C=O) groups is 1. The summed E-state index contributed by atoms with van der Waals surface area (Å²) in [5, 5.41) is 0. The van der Waals surface area contributed by atoms with Gasteiger partial charge in [-0.2, -0.15) is 0 Å². The zero-order chi connectivity index (χ0) is 11.5. The van der Waals surface area contributed by atoms with Crippen LogP contribution in [-0.2, 0) is 4.79 Å². The molecule has 2 aliphatic carbocycles. The van der Waals surface area contributed by atoms with E-state index < -0.39 is 0 Å². The van der Waals surface area contributed by atoms with Crippen LogP contribution in [0.25, 0.3) is 0 Å². The van der Waals surface area contributed by atoms with Crippen molar-refractivity contribution in [2.24, 2.45) is 17.8 Å². The molecule has 2 heteroatoms. The van der Waals surface area contributed by atoms with Crippen molar-refractivity contribution in [3.05, 3.63) is 0 Å². The van der Waals surface area contributed by atoms with Crippen molar-refractivity contribution in [2.75, 3.05) is 13.1 Å². The lowest BCUT2D eigenvalue weighted by Gasteiger charge is -2.29. The molecule has 0 saturated heterocycles.